The summed E-state index contributed by atoms with van der Waals surface area (Å²) >= 11 is 0. The summed E-state index contributed by atoms with van der Waals surface area (Å²) in [6.07, 6.45) is 3.95. The van der Waals surface area contributed by atoms with Crippen LogP contribution in [-0.4, -0.2) is 29.2 Å². The molecule has 3 aromatic rings. The molecule has 1 heterocycles. The van der Waals surface area contributed by atoms with E-state index in [4.69, 9.17) is 10.7 Å². The first-order valence-electron chi connectivity index (χ1n) is 11.9. The third-order valence-electron chi connectivity index (χ3n) is 8.32. The van der Waals surface area contributed by atoms with Crippen LogP contribution >= 0.6 is 0 Å². The van der Waals surface area contributed by atoms with Crippen LogP contribution in [0.2, 0.25) is 0 Å². The zero-order valence-electron chi connectivity index (χ0n) is 19.3. The van der Waals surface area contributed by atoms with Crippen molar-refractivity contribution in [3.8, 4) is 17.2 Å². The fourth-order valence-corrected chi connectivity index (χ4v) is 6.65. The van der Waals surface area contributed by atoms with E-state index in [-0.39, 0.29) is 5.41 Å². The van der Waals surface area contributed by atoms with Gasteiger partial charge < -0.3 is 15.7 Å². The van der Waals surface area contributed by atoms with Gasteiger partial charge in [-0.15, -0.1) is 0 Å². The molecule has 0 bridgehead atoms. The van der Waals surface area contributed by atoms with Crippen LogP contribution in [0.5, 0.6) is 0 Å². The zero-order valence-corrected chi connectivity index (χ0v) is 19.3. The van der Waals surface area contributed by atoms with Crippen molar-refractivity contribution in [3.63, 3.8) is 0 Å². The maximum absolute atomic E-state index is 11.8. The first-order valence-corrected chi connectivity index (χ1v) is 11.9. The first kappa shape index (κ1) is 20.9. The van der Waals surface area contributed by atoms with Crippen LogP contribution in [0.25, 0.3) is 11.1 Å². The molecule has 0 fully saturated rings. The number of nitrogens with zero attached hydrogens (tertiary/aromatic N) is 3. The number of benzene rings is 3. The molecule has 3 unspecified atom stereocenters. The smallest absolute Gasteiger partial charge is 0.194 e. The number of aryl methyl sites for hydroxylation is 1. The van der Waals surface area contributed by atoms with Crippen molar-refractivity contribution in [2.45, 2.75) is 43.9 Å². The van der Waals surface area contributed by atoms with Gasteiger partial charge in [-0.1, -0.05) is 48.5 Å². The number of aliphatic imine (C=N–C) groups is 1. The lowest BCUT2D eigenvalue weighted by molar-refractivity contribution is -0.0483. The molecule has 5 nitrogen and oxygen atoms in total. The van der Waals surface area contributed by atoms with E-state index in [9.17, 15) is 10.4 Å². The summed E-state index contributed by atoms with van der Waals surface area (Å²) in [6, 6.07) is 25.1. The van der Waals surface area contributed by atoms with E-state index in [1.807, 2.05) is 31.3 Å². The molecule has 1 aliphatic heterocycles. The Morgan fingerprint density at radius 2 is 1.76 bits per heavy atom. The topological polar surface area (TPSA) is 85.6 Å². The summed E-state index contributed by atoms with van der Waals surface area (Å²) in [5.74, 6) is 0.383. The van der Waals surface area contributed by atoms with Crippen molar-refractivity contribution in [1.29, 1.82) is 5.26 Å². The minimum absolute atomic E-state index is 0.260. The van der Waals surface area contributed by atoms with Gasteiger partial charge in [0, 0.05) is 12.5 Å². The van der Waals surface area contributed by atoms with Crippen LogP contribution in [0.4, 0.5) is 0 Å². The quantitative estimate of drug-likeness (QED) is 0.586. The molecule has 2 aliphatic carbocycles. The number of fused-ring (bicyclic) bond motifs is 4. The number of nitriles is 1. The van der Waals surface area contributed by atoms with Crippen molar-refractivity contribution in [2.24, 2.45) is 16.1 Å². The highest BCUT2D eigenvalue weighted by Crippen LogP contribution is 2.61. The summed E-state index contributed by atoms with van der Waals surface area (Å²) in [5, 5.41) is 21.1. The first-order chi connectivity index (χ1) is 16.5. The number of likely N-dealkylation sites (N-methyl/N-ethyl adjacent to an activating group) is 1. The van der Waals surface area contributed by atoms with Gasteiger partial charge in [0.25, 0.3) is 0 Å². The molecule has 0 radical (unpaired) electrons. The van der Waals surface area contributed by atoms with E-state index in [2.05, 4.69) is 48.5 Å². The Balaban J connectivity index is 1.56. The average molecular weight is 449 g/mol. The lowest BCUT2D eigenvalue weighted by Crippen LogP contribution is -2.53. The molecule has 2 spiro atoms. The summed E-state index contributed by atoms with van der Waals surface area (Å²) in [5.41, 5.74) is 13.0. The highest BCUT2D eigenvalue weighted by atomic mass is 16.3. The largest absolute Gasteiger partial charge is 0.371 e. The third-order valence-corrected chi connectivity index (χ3v) is 8.32. The fourth-order valence-electron chi connectivity index (χ4n) is 6.65. The van der Waals surface area contributed by atoms with Gasteiger partial charge in [0.05, 0.1) is 11.6 Å². The molecule has 170 valence electrons. The van der Waals surface area contributed by atoms with E-state index in [1.165, 1.54) is 16.7 Å². The second-order valence-corrected chi connectivity index (χ2v) is 10.0. The number of guanidine groups is 1. The number of rotatable bonds is 1. The van der Waals surface area contributed by atoms with E-state index < -0.39 is 11.8 Å². The predicted octanol–water partition coefficient (Wildman–Crippen LogP) is 4.12. The van der Waals surface area contributed by atoms with Gasteiger partial charge in [-0.05, 0) is 83.7 Å². The Morgan fingerprint density at radius 1 is 1.00 bits per heavy atom. The van der Waals surface area contributed by atoms with Crippen LogP contribution in [0.15, 0.2) is 71.7 Å². The number of nitrogens with two attached hydrogens (primary N) is 1. The summed E-state index contributed by atoms with van der Waals surface area (Å²) in [7, 11) is 1.83. The summed E-state index contributed by atoms with van der Waals surface area (Å²) in [4.78, 5) is 6.82. The van der Waals surface area contributed by atoms with Gasteiger partial charge in [0.1, 0.15) is 5.54 Å². The molecule has 3 aromatic carbocycles. The Kier molecular flexibility index (Phi) is 4.59. The molecule has 0 aromatic heterocycles. The molecule has 0 amide bonds. The van der Waals surface area contributed by atoms with Crippen LogP contribution in [0.1, 0.15) is 40.7 Å². The maximum atomic E-state index is 11.8. The van der Waals surface area contributed by atoms with Gasteiger partial charge in [0.2, 0.25) is 0 Å². The molecule has 3 aliphatic rings. The van der Waals surface area contributed by atoms with E-state index >= 15 is 0 Å². The highest BCUT2D eigenvalue weighted by molar-refractivity contribution is 5.82. The Hall–Kier alpha value is -3.62. The van der Waals surface area contributed by atoms with Gasteiger partial charge in [-0.3, -0.25) is 0 Å². The minimum Gasteiger partial charge on any atom is -0.371 e. The van der Waals surface area contributed by atoms with E-state index in [0.717, 1.165) is 48.8 Å². The van der Waals surface area contributed by atoms with Crippen LogP contribution < -0.4 is 5.73 Å². The van der Waals surface area contributed by atoms with Gasteiger partial charge in [-0.25, -0.2) is 4.99 Å². The number of aliphatic hydroxyl groups excluding tert-OH is 1. The highest BCUT2D eigenvalue weighted by Gasteiger charge is 2.65. The van der Waals surface area contributed by atoms with E-state index in [0.29, 0.717) is 11.5 Å². The summed E-state index contributed by atoms with van der Waals surface area (Å²) in [6.45, 7) is 0. The molecule has 3 N–H and O–H groups in total. The Bertz CT molecular complexity index is 1370. The number of hydrogen-bond acceptors (Lipinski definition) is 5. The SMILES string of the molecule is CN1C(N)=NC2(c3cc(-c4cccc(C#N)c4)ccc3CC23CCCc2ccccc2C3)C1O. The average Bonchev–Trinajstić information content (AvgIpc) is 3.15. The van der Waals surface area contributed by atoms with Gasteiger partial charge in [-0.2, -0.15) is 5.26 Å². The molecule has 0 saturated heterocycles. The predicted molar refractivity (Wildman–Crippen MR) is 133 cm³/mol. The minimum atomic E-state index is -0.834. The van der Waals surface area contributed by atoms with Crippen LogP contribution in [0, 0.1) is 16.7 Å². The molecule has 34 heavy (non-hydrogen) atoms. The monoisotopic (exact) mass is 448 g/mol. The Labute approximate surface area is 200 Å². The molecule has 3 atom stereocenters. The van der Waals surface area contributed by atoms with Gasteiger partial charge >= 0.3 is 0 Å². The van der Waals surface area contributed by atoms with Crippen LogP contribution in [0.3, 0.4) is 0 Å². The maximum Gasteiger partial charge on any atom is 0.194 e. The van der Waals surface area contributed by atoms with Crippen LogP contribution in [-0.2, 0) is 24.8 Å². The lowest BCUT2D eigenvalue weighted by Gasteiger charge is -2.44. The Morgan fingerprint density at radius 3 is 2.53 bits per heavy atom. The molecule has 0 saturated carbocycles. The number of aliphatic hydroxyl groups is 1. The van der Waals surface area contributed by atoms with Crippen molar-refractivity contribution in [1.82, 2.24) is 4.90 Å². The van der Waals surface area contributed by atoms with E-state index in [1.54, 1.807) is 4.90 Å². The van der Waals surface area contributed by atoms with Crippen molar-refractivity contribution in [2.75, 3.05) is 7.05 Å². The van der Waals surface area contributed by atoms with Gasteiger partial charge in [0.15, 0.2) is 12.2 Å². The lowest BCUT2D eigenvalue weighted by atomic mass is 9.64. The fraction of sp³-hybridized carbons (Fsp3) is 0.310. The molecule has 5 heteroatoms. The normalized spacial score (nSPS) is 27.3. The van der Waals surface area contributed by atoms with Crippen molar-refractivity contribution >= 4 is 5.96 Å². The van der Waals surface area contributed by atoms with Crippen molar-refractivity contribution < 1.29 is 5.11 Å². The third kappa shape index (κ3) is 2.79. The second-order valence-electron chi connectivity index (χ2n) is 10.0. The molecular weight excluding hydrogens is 420 g/mol. The molecular formula is C29H28N4O. The van der Waals surface area contributed by atoms with Crippen molar-refractivity contribution in [3.05, 3.63) is 94.5 Å². The second kappa shape index (κ2) is 7.44. The summed E-state index contributed by atoms with van der Waals surface area (Å²) < 4.78 is 0. The number of hydrogen-bond donors (Lipinski definition) is 2. The molecule has 6 rings (SSSR count). The standard InChI is InChI=1S/C29H28N4O/c1-33-26(34)29(32-27(33)31)25-15-22(21-9-4-6-19(14-21)18-30)11-12-24(25)17-28(29)13-5-10-20-7-2-3-8-23(20)16-28/h2-4,6-9,11-12,14-15,26,34H,5,10,13,16-17H2,1H3,(H2,31,32). The zero-order chi connectivity index (χ0) is 23.5.